The predicted octanol–water partition coefficient (Wildman–Crippen LogP) is 2.90. The van der Waals surface area contributed by atoms with E-state index in [1.54, 1.807) is 24.4 Å². The summed E-state index contributed by atoms with van der Waals surface area (Å²) in [7, 11) is 0. The molecule has 1 aromatic carbocycles. The second kappa shape index (κ2) is 4.86. The highest BCUT2D eigenvalue weighted by atomic mass is 35.5. The van der Waals surface area contributed by atoms with Crippen LogP contribution in [0.25, 0.3) is 0 Å². The molecule has 1 heterocycles. The zero-order valence-electron chi connectivity index (χ0n) is 8.56. The molecule has 3 nitrogen and oxygen atoms in total. The van der Waals surface area contributed by atoms with E-state index < -0.39 is 0 Å². The first-order chi connectivity index (χ1) is 7.75. The monoisotopic (exact) mass is 234 g/mol. The minimum absolute atomic E-state index is 0.396. The molecule has 0 aliphatic heterocycles. The molecule has 0 atom stereocenters. The molecule has 0 aliphatic rings. The number of aromatic nitrogens is 1. The van der Waals surface area contributed by atoms with E-state index in [2.05, 4.69) is 4.98 Å². The Morgan fingerprint density at radius 3 is 2.81 bits per heavy atom. The van der Waals surface area contributed by atoms with Crippen molar-refractivity contribution in [3.05, 3.63) is 53.3 Å². The summed E-state index contributed by atoms with van der Waals surface area (Å²) in [5.41, 5.74) is 7.14. The average molecular weight is 235 g/mol. The number of anilines is 1. The zero-order valence-corrected chi connectivity index (χ0v) is 9.32. The molecule has 2 aromatic rings. The third kappa shape index (κ3) is 2.64. The van der Waals surface area contributed by atoms with E-state index in [4.69, 9.17) is 22.1 Å². The van der Waals surface area contributed by atoms with E-state index in [0.717, 1.165) is 5.69 Å². The molecular weight excluding hydrogens is 224 g/mol. The standard InChI is InChI=1S/C12H11ClN2O/c13-9-4-5-12(11(14)7-9)16-8-10-3-1-2-6-15-10/h1-7H,8,14H2. The molecule has 0 fully saturated rings. The van der Waals surface area contributed by atoms with Crippen molar-refractivity contribution < 1.29 is 4.74 Å². The molecular formula is C12H11ClN2O. The van der Waals surface area contributed by atoms with Gasteiger partial charge in [0.2, 0.25) is 0 Å². The SMILES string of the molecule is Nc1cc(Cl)ccc1OCc1ccccn1. The van der Waals surface area contributed by atoms with Crippen LogP contribution < -0.4 is 10.5 Å². The maximum Gasteiger partial charge on any atom is 0.142 e. The van der Waals surface area contributed by atoms with Crippen molar-refractivity contribution in [1.82, 2.24) is 4.98 Å². The molecule has 82 valence electrons. The topological polar surface area (TPSA) is 48.1 Å². The summed E-state index contributed by atoms with van der Waals surface area (Å²) in [5.74, 6) is 0.620. The van der Waals surface area contributed by atoms with Crippen LogP contribution in [0.4, 0.5) is 5.69 Å². The van der Waals surface area contributed by atoms with Crippen LogP contribution in [-0.4, -0.2) is 4.98 Å². The lowest BCUT2D eigenvalue weighted by Crippen LogP contribution is -2.00. The number of hydrogen-bond acceptors (Lipinski definition) is 3. The van der Waals surface area contributed by atoms with Gasteiger partial charge in [0.25, 0.3) is 0 Å². The Morgan fingerprint density at radius 2 is 2.12 bits per heavy atom. The van der Waals surface area contributed by atoms with Crippen molar-refractivity contribution in [2.75, 3.05) is 5.73 Å². The van der Waals surface area contributed by atoms with Gasteiger partial charge in [0, 0.05) is 11.2 Å². The van der Waals surface area contributed by atoms with Crippen molar-refractivity contribution in [1.29, 1.82) is 0 Å². The number of nitrogen functional groups attached to an aromatic ring is 1. The lowest BCUT2D eigenvalue weighted by atomic mass is 10.3. The Kier molecular flexibility index (Phi) is 3.27. The second-order valence-electron chi connectivity index (χ2n) is 3.29. The van der Waals surface area contributed by atoms with Crippen molar-refractivity contribution >= 4 is 17.3 Å². The van der Waals surface area contributed by atoms with Crippen LogP contribution in [0.2, 0.25) is 5.02 Å². The minimum atomic E-state index is 0.396. The van der Waals surface area contributed by atoms with E-state index in [9.17, 15) is 0 Å². The molecule has 2 rings (SSSR count). The third-order valence-electron chi connectivity index (χ3n) is 2.07. The Hall–Kier alpha value is -1.74. The van der Waals surface area contributed by atoms with E-state index >= 15 is 0 Å². The van der Waals surface area contributed by atoms with Gasteiger partial charge in [-0.1, -0.05) is 17.7 Å². The quantitative estimate of drug-likeness (QED) is 0.831. The summed E-state index contributed by atoms with van der Waals surface area (Å²) in [6, 6.07) is 10.8. The average Bonchev–Trinajstić information content (AvgIpc) is 2.29. The highest BCUT2D eigenvalue weighted by molar-refractivity contribution is 6.30. The fourth-order valence-corrected chi connectivity index (χ4v) is 1.47. The highest BCUT2D eigenvalue weighted by Crippen LogP contribution is 2.25. The number of halogens is 1. The Bertz CT molecular complexity index is 474. The molecule has 0 bridgehead atoms. The number of ether oxygens (including phenoxy) is 1. The molecule has 16 heavy (non-hydrogen) atoms. The molecule has 0 aliphatic carbocycles. The summed E-state index contributed by atoms with van der Waals surface area (Å²) in [6.45, 7) is 0.396. The van der Waals surface area contributed by atoms with Crippen LogP contribution in [0.1, 0.15) is 5.69 Å². The fraction of sp³-hybridized carbons (Fsp3) is 0.0833. The van der Waals surface area contributed by atoms with Crippen LogP contribution in [0.3, 0.4) is 0 Å². The van der Waals surface area contributed by atoms with Gasteiger partial charge in [0.1, 0.15) is 12.4 Å². The Labute approximate surface area is 98.8 Å². The van der Waals surface area contributed by atoms with Gasteiger partial charge in [-0.2, -0.15) is 0 Å². The van der Waals surface area contributed by atoms with Gasteiger partial charge in [-0.05, 0) is 30.3 Å². The molecule has 2 N–H and O–H groups in total. The van der Waals surface area contributed by atoms with E-state index in [0.29, 0.717) is 23.1 Å². The molecule has 0 unspecified atom stereocenters. The number of benzene rings is 1. The highest BCUT2D eigenvalue weighted by Gasteiger charge is 2.01. The summed E-state index contributed by atoms with van der Waals surface area (Å²) < 4.78 is 5.53. The summed E-state index contributed by atoms with van der Waals surface area (Å²) in [4.78, 5) is 4.15. The molecule has 0 spiro atoms. The minimum Gasteiger partial charge on any atom is -0.485 e. The second-order valence-corrected chi connectivity index (χ2v) is 3.73. The number of nitrogens with zero attached hydrogens (tertiary/aromatic N) is 1. The number of pyridine rings is 1. The van der Waals surface area contributed by atoms with Crippen LogP contribution >= 0.6 is 11.6 Å². The van der Waals surface area contributed by atoms with Gasteiger partial charge >= 0.3 is 0 Å². The van der Waals surface area contributed by atoms with Gasteiger partial charge in [-0.25, -0.2) is 0 Å². The van der Waals surface area contributed by atoms with Crippen molar-refractivity contribution in [2.24, 2.45) is 0 Å². The van der Waals surface area contributed by atoms with Crippen LogP contribution in [0, 0.1) is 0 Å². The number of hydrogen-bond donors (Lipinski definition) is 1. The van der Waals surface area contributed by atoms with Crippen LogP contribution in [-0.2, 0) is 6.61 Å². The lowest BCUT2D eigenvalue weighted by molar-refractivity contribution is 0.303. The third-order valence-corrected chi connectivity index (χ3v) is 2.31. The maximum atomic E-state index is 5.79. The lowest BCUT2D eigenvalue weighted by Gasteiger charge is -2.08. The van der Waals surface area contributed by atoms with Gasteiger partial charge in [-0.3, -0.25) is 4.98 Å². The normalized spacial score (nSPS) is 10.1. The van der Waals surface area contributed by atoms with E-state index in [1.807, 2.05) is 18.2 Å². The number of nitrogens with two attached hydrogens (primary N) is 1. The van der Waals surface area contributed by atoms with Gasteiger partial charge < -0.3 is 10.5 Å². The predicted molar refractivity (Wildman–Crippen MR) is 64.4 cm³/mol. The van der Waals surface area contributed by atoms with Crippen molar-refractivity contribution in [3.8, 4) is 5.75 Å². The van der Waals surface area contributed by atoms with E-state index in [-0.39, 0.29) is 0 Å². The maximum absolute atomic E-state index is 5.79. The summed E-state index contributed by atoms with van der Waals surface area (Å²) in [6.07, 6.45) is 1.73. The van der Waals surface area contributed by atoms with Crippen LogP contribution in [0.15, 0.2) is 42.6 Å². The van der Waals surface area contributed by atoms with Crippen molar-refractivity contribution in [2.45, 2.75) is 6.61 Å². The first-order valence-electron chi connectivity index (χ1n) is 4.83. The molecule has 0 saturated heterocycles. The summed E-state index contributed by atoms with van der Waals surface area (Å²) >= 11 is 5.79. The number of rotatable bonds is 3. The molecule has 0 amide bonds. The molecule has 0 saturated carbocycles. The largest absolute Gasteiger partial charge is 0.485 e. The van der Waals surface area contributed by atoms with Gasteiger partial charge in [0.05, 0.1) is 11.4 Å². The van der Waals surface area contributed by atoms with Gasteiger partial charge in [-0.15, -0.1) is 0 Å². The summed E-state index contributed by atoms with van der Waals surface area (Å²) in [5, 5.41) is 0.600. The first-order valence-corrected chi connectivity index (χ1v) is 5.21. The Morgan fingerprint density at radius 1 is 1.25 bits per heavy atom. The molecule has 0 radical (unpaired) electrons. The fourth-order valence-electron chi connectivity index (χ4n) is 1.29. The smallest absolute Gasteiger partial charge is 0.142 e. The Balaban J connectivity index is 2.05. The van der Waals surface area contributed by atoms with E-state index in [1.165, 1.54) is 0 Å². The van der Waals surface area contributed by atoms with Crippen LogP contribution in [0.5, 0.6) is 5.75 Å². The molecule has 4 heteroatoms. The molecule has 1 aromatic heterocycles. The van der Waals surface area contributed by atoms with Gasteiger partial charge in [0.15, 0.2) is 0 Å². The first kappa shape index (κ1) is 10.8. The van der Waals surface area contributed by atoms with Crippen molar-refractivity contribution in [3.63, 3.8) is 0 Å². The zero-order chi connectivity index (χ0) is 11.4.